The molecule has 0 radical (unpaired) electrons. The van der Waals surface area contributed by atoms with E-state index in [4.69, 9.17) is 4.74 Å². The lowest BCUT2D eigenvalue weighted by atomic mass is 10.1. The molecular formula is C20H25N5O3S. The van der Waals surface area contributed by atoms with E-state index in [0.29, 0.717) is 30.5 Å². The fourth-order valence-corrected chi connectivity index (χ4v) is 3.84. The molecule has 1 atom stereocenters. The largest absolute Gasteiger partial charge is 0.497 e. The Kier molecular flexibility index (Phi) is 7.29. The van der Waals surface area contributed by atoms with Gasteiger partial charge in [0.05, 0.1) is 12.9 Å². The number of carbonyl (C=O) groups excluding carboxylic acids is 2. The van der Waals surface area contributed by atoms with Gasteiger partial charge in [-0.2, -0.15) is 0 Å². The molecule has 0 saturated carbocycles. The number of hydrogen-bond donors (Lipinski definition) is 2. The van der Waals surface area contributed by atoms with Crippen molar-refractivity contribution < 1.29 is 14.3 Å². The Hall–Kier alpha value is -2.81. The highest BCUT2D eigenvalue weighted by Gasteiger charge is 2.23. The van der Waals surface area contributed by atoms with Crippen LogP contribution in [0, 0.1) is 0 Å². The van der Waals surface area contributed by atoms with Crippen LogP contribution in [0.3, 0.4) is 0 Å². The smallest absolute Gasteiger partial charge is 0.242 e. The summed E-state index contributed by atoms with van der Waals surface area (Å²) in [5.41, 5.74) is 0.895. The zero-order valence-electron chi connectivity index (χ0n) is 16.4. The molecule has 2 heterocycles. The van der Waals surface area contributed by atoms with Crippen LogP contribution >= 0.6 is 11.8 Å². The van der Waals surface area contributed by atoms with Gasteiger partial charge in [0.15, 0.2) is 11.0 Å². The minimum Gasteiger partial charge on any atom is -0.497 e. The number of thioether (sulfide) groups is 1. The van der Waals surface area contributed by atoms with Crippen LogP contribution in [0.25, 0.3) is 11.4 Å². The zero-order chi connectivity index (χ0) is 20.6. The Labute approximate surface area is 174 Å². The van der Waals surface area contributed by atoms with Crippen molar-refractivity contribution >= 4 is 23.6 Å². The topological polar surface area (TPSA) is 98.1 Å². The first kappa shape index (κ1) is 20.9. The van der Waals surface area contributed by atoms with E-state index >= 15 is 0 Å². The molecule has 0 spiro atoms. The number of aromatic nitrogens is 3. The van der Waals surface area contributed by atoms with Crippen molar-refractivity contribution in [3.63, 3.8) is 0 Å². The summed E-state index contributed by atoms with van der Waals surface area (Å²) in [5, 5.41) is 14.8. The second-order valence-electron chi connectivity index (χ2n) is 6.63. The van der Waals surface area contributed by atoms with Gasteiger partial charge in [-0.1, -0.05) is 17.8 Å². The van der Waals surface area contributed by atoms with Gasteiger partial charge in [-0.15, -0.1) is 16.8 Å². The highest BCUT2D eigenvalue weighted by molar-refractivity contribution is 7.99. The van der Waals surface area contributed by atoms with Crippen molar-refractivity contribution in [2.45, 2.75) is 37.0 Å². The average molecular weight is 416 g/mol. The van der Waals surface area contributed by atoms with E-state index in [-0.39, 0.29) is 17.6 Å². The van der Waals surface area contributed by atoms with Gasteiger partial charge in [-0.25, -0.2) is 0 Å². The molecule has 1 aromatic heterocycles. The monoisotopic (exact) mass is 415 g/mol. The number of carbonyl (C=O) groups is 2. The van der Waals surface area contributed by atoms with Gasteiger partial charge in [0.25, 0.3) is 0 Å². The quantitative estimate of drug-likeness (QED) is 0.506. The third-order valence-electron chi connectivity index (χ3n) is 4.58. The van der Waals surface area contributed by atoms with Crippen LogP contribution in [0.4, 0.5) is 0 Å². The predicted molar refractivity (Wildman–Crippen MR) is 112 cm³/mol. The Morgan fingerprint density at radius 1 is 1.38 bits per heavy atom. The summed E-state index contributed by atoms with van der Waals surface area (Å²) < 4.78 is 7.10. The molecule has 2 N–H and O–H groups in total. The number of nitrogens with zero attached hydrogens (tertiary/aromatic N) is 3. The van der Waals surface area contributed by atoms with Crippen molar-refractivity contribution in [1.29, 1.82) is 0 Å². The first-order chi connectivity index (χ1) is 14.1. The van der Waals surface area contributed by atoms with Gasteiger partial charge in [0.2, 0.25) is 11.8 Å². The van der Waals surface area contributed by atoms with Crippen LogP contribution in [-0.2, 0) is 16.1 Å². The third kappa shape index (κ3) is 5.38. The molecule has 0 aliphatic carbocycles. The number of ether oxygens (including phenoxy) is 1. The first-order valence-corrected chi connectivity index (χ1v) is 10.5. The molecule has 1 saturated heterocycles. The van der Waals surface area contributed by atoms with E-state index in [9.17, 15) is 9.59 Å². The second kappa shape index (κ2) is 10.1. The molecule has 29 heavy (non-hydrogen) atoms. The van der Waals surface area contributed by atoms with Gasteiger partial charge in [0.1, 0.15) is 11.8 Å². The molecule has 2 amide bonds. The maximum atomic E-state index is 12.4. The van der Waals surface area contributed by atoms with Crippen molar-refractivity contribution in [3.8, 4) is 17.1 Å². The number of amides is 2. The number of methoxy groups -OCH3 is 1. The summed E-state index contributed by atoms with van der Waals surface area (Å²) in [6.45, 7) is 4.98. The molecule has 2 aromatic rings. The van der Waals surface area contributed by atoms with E-state index in [1.807, 2.05) is 28.8 Å². The second-order valence-corrected chi connectivity index (χ2v) is 7.57. The van der Waals surface area contributed by atoms with E-state index in [2.05, 4.69) is 27.4 Å². The minimum atomic E-state index is -0.466. The fraction of sp³-hybridized carbons (Fsp3) is 0.400. The van der Waals surface area contributed by atoms with E-state index in [0.717, 1.165) is 24.2 Å². The highest BCUT2D eigenvalue weighted by Crippen LogP contribution is 2.25. The van der Waals surface area contributed by atoms with Gasteiger partial charge >= 0.3 is 0 Å². The van der Waals surface area contributed by atoms with E-state index < -0.39 is 6.04 Å². The van der Waals surface area contributed by atoms with Crippen molar-refractivity contribution in [3.05, 3.63) is 36.9 Å². The zero-order valence-corrected chi connectivity index (χ0v) is 17.2. The summed E-state index contributed by atoms with van der Waals surface area (Å²) in [5.74, 6) is 1.30. The Morgan fingerprint density at radius 3 is 2.90 bits per heavy atom. The Bertz CT molecular complexity index is 866. The van der Waals surface area contributed by atoms with Crippen LogP contribution in [0.5, 0.6) is 5.75 Å². The summed E-state index contributed by atoms with van der Waals surface area (Å²) in [6, 6.07) is 7.08. The highest BCUT2D eigenvalue weighted by atomic mass is 32.2. The molecule has 9 heteroatoms. The standard InChI is InChI=1S/C20H25N5O3S/c1-3-12-25-18(14-7-9-15(28-2)10-8-14)23-24-20(25)29-13-17(26)22-16-6-4-5-11-21-19(16)27/h3,7-10,16H,1,4-6,11-13H2,2H3,(H,21,27)(H,22,26). The lowest BCUT2D eigenvalue weighted by molar-refractivity contribution is -0.127. The SMILES string of the molecule is C=CCn1c(SCC(=O)NC2CCCCNC2=O)nnc1-c1ccc(OC)cc1. The summed E-state index contributed by atoms with van der Waals surface area (Å²) in [7, 11) is 1.62. The number of hydrogen-bond acceptors (Lipinski definition) is 6. The molecule has 8 nitrogen and oxygen atoms in total. The van der Waals surface area contributed by atoms with Crippen molar-refractivity contribution in [2.75, 3.05) is 19.4 Å². The Balaban J connectivity index is 1.67. The molecular weight excluding hydrogens is 390 g/mol. The van der Waals surface area contributed by atoms with Crippen molar-refractivity contribution in [2.24, 2.45) is 0 Å². The van der Waals surface area contributed by atoms with Crippen molar-refractivity contribution in [1.82, 2.24) is 25.4 Å². The predicted octanol–water partition coefficient (Wildman–Crippen LogP) is 2.02. The van der Waals surface area contributed by atoms with E-state index in [1.54, 1.807) is 13.2 Å². The molecule has 1 unspecified atom stereocenters. The number of rotatable bonds is 8. The minimum absolute atomic E-state index is 0.113. The average Bonchev–Trinajstić information content (AvgIpc) is 3.02. The molecule has 0 bridgehead atoms. The molecule has 1 fully saturated rings. The lowest BCUT2D eigenvalue weighted by Crippen LogP contribution is -2.46. The summed E-state index contributed by atoms with van der Waals surface area (Å²) in [6.07, 6.45) is 4.27. The maximum absolute atomic E-state index is 12.4. The van der Waals surface area contributed by atoms with Crippen LogP contribution in [0.2, 0.25) is 0 Å². The molecule has 3 rings (SSSR count). The third-order valence-corrected chi connectivity index (χ3v) is 5.55. The summed E-state index contributed by atoms with van der Waals surface area (Å²) in [4.78, 5) is 24.3. The molecule has 154 valence electrons. The summed E-state index contributed by atoms with van der Waals surface area (Å²) >= 11 is 1.29. The number of benzene rings is 1. The van der Waals surface area contributed by atoms with Gasteiger partial charge in [-0.05, 0) is 43.5 Å². The number of allylic oxidation sites excluding steroid dienone is 1. The molecule has 1 aromatic carbocycles. The van der Waals surface area contributed by atoms with Gasteiger partial charge < -0.3 is 15.4 Å². The Morgan fingerprint density at radius 2 is 2.17 bits per heavy atom. The van der Waals surface area contributed by atoms with Crippen LogP contribution in [0.1, 0.15) is 19.3 Å². The van der Waals surface area contributed by atoms with Gasteiger partial charge in [0, 0.05) is 18.7 Å². The van der Waals surface area contributed by atoms with E-state index in [1.165, 1.54) is 11.8 Å². The van der Waals surface area contributed by atoms with Gasteiger partial charge in [-0.3, -0.25) is 14.2 Å². The van der Waals surface area contributed by atoms with Crippen LogP contribution in [-0.4, -0.2) is 52.0 Å². The van der Waals surface area contributed by atoms with Crippen LogP contribution < -0.4 is 15.4 Å². The molecule has 1 aliphatic heterocycles. The van der Waals surface area contributed by atoms with Crippen LogP contribution in [0.15, 0.2) is 42.1 Å². The first-order valence-electron chi connectivity index (χ1n) is 9.50. The lowest BCUT2D eigenvalue weighted by Gasteiger charge is -2.15. The fourth-order valence-electron chi connectivity index (χ4n) is 3.09. The molecule has 1 aliphatic rings. The normalized spacial score (nSPS) is 16.6. The number of nitrogens with one attached hydrogen (secondary N) is 2. The maximum Gasteiger partial charge on any atom is 0.242 e.